The number of nitrogens with zero attached hydrogens (tertiary/aromatic N) is 1. The van der Waals surface area contributed by atoms with E-state index in [2.05, 4.69) is 11.5 Å². The van der Waals surface area contributed by atoms with Crippen molar-refractivity contribution >= 4 is 17.3 Å². The average Bonchev–Trinajstić information content (AvgIpc) is 2.48. The SMILES string of the molecule is CN(C)c1cccc(C(Cc2ccc(Cl)c(F)c2)NN)c1. The Balaban J connectivity index is 2.23. The second-order valence-electron chi connectivity index (χ2n) is 5.16. The van der Waals surface area contributed by atoms with Gasteiger partial charge in [0.15, 0.2) is 0 Å². The molecule has 0 saturated carbocycles. The highest BCUT2D eigenvalue weighted by molar-refractivity contribution is 6.30. The summed E-state index contributed by atoms with van der Waals surface area (Å²) < 4.78 is 13.5. The van der Waals surface area contributed by atoms with E-state index in [0.29, 0.717) is 6.42 Å². The smallest absolute Gasteiger partial charge is 0.142 e. The van der Waals surface area contributed by atoms with E-state index in [4.69, 9.17) is 17.4 Å². The van der Waals surface area contributed by atoms with Crippen molar-refractivity contribution in [2.75, 3.05) is 19.0 Å². The van der Waals surface area contributed by atoms with Gasteiger partial charge in [-0.05, 0) is 41.8 Å². The van der Waals surface area contributed by atoms with Gasteiger partial charge in [0.1, 0.15) is 5.82 Å². The maximum absolute atomic E-state index is 13.5. The first kappa shape index (κ1) is 15.8. The van der Waals surface area contributed by atoms with Crippen LogP contribution in [0.5, 0.6) is 0 Å². The van der Waals surface area contributed by atoms with Gasteiger partial charge in [-0.2, -0.15) is 0 Å². The molecule has 0 aliphatic carbocycles. The predicted octanol–water partition coefficient (Wildman–Crippen LogP) is 3.29. The molecule has 0 amide bonds. The Labute approximate surface area is 129 Å². The second kappa shape index (κ2) is 6.89. The second-order valence-corrected chi connectivity index (χ2v) is 5.57. The number of hydrogen-bond acceptors (Lipinski definition) is 3. The molecule has 0 aliphatic rings. The Bertz CT molecular complexity index is 616. The molecule has 0 heterocycles. The van der Waals surface area contributed by atoms with Crippen LogP contribution in [-0.2, 0) is 6.42 Å². The van der Waals surface area contributed by atoms with Gasteiger partial charge in [-0.25, -0.2) is 4.39 Å². The topological polar surface area (TPSA) is 41.3 Å². The lowest BCUT2D eigenvalue weighted by molar-refractivity contribution is 0.548. The number of halogens is 2. The molecule has 2 aromatic rings. The number of anilines is 1. The van der Waals surface area contributed by atoms with Crippen LogP contribution in [0.2, 0.25) is 5.02 Å². The summed E-state index contributed by atoms with van der Waals surface area (Å²) in [5.41, 5.74) is 5.78. The van der Waals surface area contributed by atoms with Crippen molar-refractivity contribution in [3.05, 3.63) is 64.4 Å². The Morgan fingerprint density at radius 1 is 1.24 bits per heavy atom. The van der Waals surface area contributed by atoms with Crippen molar-refractivity contribution in [1.82, 2.24) is 5.43 Å². The molecule has 3 nitrogen and oxygen atoms in total. The van der Waals surface area contributed by atoms with Crippen molar-refractivity contribution in [2.45, 2.75) is 12.5 Å². The first-order valence-electron chi connectivity index (χ1n) is 6.68. The summed E-state index contributed by atoms with van der Waals surface area (Å²) in [5, 5.41) is 0.130. The fourth-order valence-electron chi connectivity index (χ4n) is 2.20. The monoisotopic (exact) mass is 307 g/mol. The van der Waals surface area contributed by atoms with E-state index in [1.165, 1.54) is 6.07 Å². The third kappa shape index (κ3) is 3.94. The van der Waals surface area contributed by atoms with Gasteiger partial charge in [-0.15, -0.1) is 0 Å². The molecule has 112 valence electrons. The normalized spacial score (nSPS) is 12.2. The minimum atomic E-state index is -0.410. The zero-order valence-electron chi connectivity index (χ0n) is 12.1. The molecule has 21 heavy (non-hydrogen) atoms. The van der Waals surface area contributed by atoms with Crippen molar-refractivity contribution < 1.29 is 4.39 Å². The molecular weight excluding hydrogens is 289 g/mol. The molecule has 0 spiro atoms. The molecular formula is C16H19ClFN3. The lowest BCUT2D eigenvalue weighted by atomic mass is 9.99. The third-order valence-corrected chi connectivity index (χ3v) is 3.72. The van der Waals surface area contributed by atoms with Gasteiger partial charge in [0, 0.05) is 19.8 Å². The zero-order valence-corrected chi connectivity index (χ0v) is 12.9. The van der Waals surface area contributed by atoms with Crippen molar-refractivity contribution in [3.63, 3.8) is 0 Å². The third-order valence-electron chi connectivity index (χ3n) is 3.41. The summed E-state index contributed by atoms with van der Waals surface area (Å²) in [6.07, 6.45) is 0.585. The lowest BCUT2D eigenvalue weighted by Gasteiger charge is -2.19. The van der Waals surface area contributed by atoms with Crippen LogP contribution in [0.1, 0.15) is 17.2 Å². The van der Waals surface area contributed by atoms with Gasteiger partial charge in [0.05, 0.1) is 11.1 Å². The molecule has 0 aromatic heterocycles. The number of rotatable bonds is 5. The number of benzene rings is 2. The summed E-state index contributed by atoms with van der Waals surface area (Å²) in [4.78, 5) is 2.03. The maximum atomic E-state index is 13.5. The van der Waals surface area contributed by atoms with Crippen LogP contribution in [-0.4, -0.2) is 14.1 Å². The van der Waals surface area contributed by atoms with Crippen LogP contribution < -0.4 is 16.2 Å². The molecule has 0 aliphatic heterocycles. The summed E-state index contributed by atoms with van der Waals surface area (Å²) in [6, 6.07) is 12.8. The molecule has 1 atom stereocenters. The van der Waals surface area contributed by atoms with Gasteiger partial charge in [-0.1, -0.05) is 29.8 Å². The molecule has 3 N–H and O–H groups in total. The fraction of sp³-hybridized carbons (Fsp3) is 0.250. The van der Waals surface area contributed by atoms with Gasteiger partial charge < -0.3 is 4.90 Å². The molecule has 2 aromatic carbocycles. The molecule has 2 rings (SSSR count). The van der Waals surface area contributed by atoms with Crippen molar-refractivity contribution in [3.8, 4) is 0 Å². The number of nitrogens with two attached hydrogens (primary N) is 1. The summed E-state index contributed by atoms with van der Waals surface area (Å²) >= 11 is 5.70. The highest BCUT2D eigenvalue weighted by Gasteiger charge is 2.12. The molecule has 5 heteroatoms. The van der Waals surface area contributed by atoms with E-state index in [-0.39, 0.29) is 11.1 Å². The standard InChI is InChI=1S/C16H19ClFN3/c1-21(2)13-5-3-4-12(10-13)16(20-19)9-11-6-7-14(17)15(18)8-11/h3-8,10,16,20H,9,19H2,1-2H3. The summed E-state index contributed by atoms with van der Waals surface area (Å²) in [7, 11) is 3.97. The quantitative estimate of drug-likeness (QED) is 0.658. The van der Waals surface area contributed by atoms with Crippen LogP contribution in [0.25, 0.3) is 0 Å². The van der Waals surface area contributed by atoms with Crippen molar-refractivity contribution in [2.24, 2.45) is 5.84 Å². The van der Waals surface area contributed by atoms with E-state index < -0.39 is 5.82 Å². The minimum Gasteiger partial charge on any atom is -0.378 e. The largest absolute Gasteiger partial charge is 0.378 e. The van der Waals surface area contributed by atoms with Crippen LogP contribution in [0.15, 0.2) is 42.5 Å². The fourth-order valence-corrected chi connectivity index (χ4v) is 2.31. The number of hydrazine groups is 1. The minimum absolute atomic E-state index is 0.0922. The van der Waals surface area contributed by atoms with E-state index in [9.17, 15) is 4.39 Å². The summed E-state index contributed by atoms with van der Waals surface area (Å²) in [5.74, 6) is 5.25. The Kier molecular flexibility index (Phi) is 5.17. The average molecular weight is 308 g/mol. The van der Waals surface area contributed by atoms with Crippen LogP contribution in [0.3, 0.4) is 0 Å². The zero-order chi connectivity index (χ0) is 15.4. The summed E-state index contributed by atoms with van der Waals surface area (Å²) in [6.45, 7) is 0. The van der Waals surface area contributed by atoms with Gasteiger partial charge in [-0.3, -0.25) is 11.3 Å². The van der Waals surface area contributed by atoms with Crippen LogP contribution >= 0.6 is 11.6 Å². The van der Waals surface area contributed by atoms with E-state index in [1.54, 1.807) is 6.07 Å². The Morgan fingerprint density at radius 2 is 2.00 bits per heavy atom. The maximum Gasteiger partial charge on any atom is 0.142 e. The molecule has 1 unspecified atom stereocenters. The van der Waals surface area contributed by atoms with Gasteiger partial charge in [0.2, 0.25) is 0 Å². The first-order valence-corrected chi connectivity index (χ1v) is 7.06. The number of hydrogen-bond donors (Lipinski definition) is 2. The van der Waals surface area contributed by atoms with Crippen LogP contribution in [0.4, 0.5) is 10.1 Å². The van der Waals surface area contributed by atoms with Crippen LogP contribution in [0, 0.1) is 5.82 Å². The molecule has 0 bridgehead atoms. The highest BCUT2D eigenvalue weighted by atomic mass is 35.5. The van der Waals surface area contributed by atoms with E-state index >= 15 is 0 Å². The molecule has 0 radical (unpaired) electrons. The lowest BCUT2D eigenvalue weighted by Crippen LogP contribution is -2.29. The van der Waals surface area contributed by atoms with Gasteiger partial charge in [0.25, 0.3) is 0 Å². The molecule has 0 fully saturated rings. The van der Waals surface area contributed by atoms with Crippen molar-refractivity contribution in [1.29, 1.82) is 0 Å². The predicted molar refractivity (Wildman–Crippen MR) is 85.9 cm³/mol. The van der Waals surface area contributed by atoms with E-state index in [1.807, 2.05) is 43.3 Å². The first-order chi connectivity index (χ1) is 10.0. The Morgan fingerprint density at radius 3 is 2.62 bits per heavy atom. The van der Waals surface area contributed by atoms with Gasteiger partial charge >= 0.3 is 0 Å². The highest BCUT2D eigenvalue weighted by Crippen LogP contribution is 2.24. The number of nitrogens with one attached hydrogen (secondary N) is 1. The van der Waals surface area contributed by atoms with E-state index in [0.717, 1.165) is 16.8 Å². The molecule has 0 saturated heterocycles. The Hall–Kier alpha value is -1.62.